The van der Waals surface area contributed by atoms with Crippen molar-refractivity contribution in [3.8, 4) is 0 Å². The van der Waals surface area contributed by atoms with Gasteiger partial charge in [0, 0.05) is 5.69 Å². The van der Waals surface area contributed by atoms with Crippen LogP contribution in [0.15, 0.2) is 30.4 Å². The second-order valence-electron chi connectivity index (χ2n) is 6.59. The molecule has 132 valence electrons. The minimum atomic E-state index is -0.853. The van der Waals surface area contributed by atoms with Gasteiger partial charge in [0.05, 0.1) is 30.2 Å². The van der Waals surface area contributed by atoms with Crippen LogP contribution in [0.2, 0.25) is 5.02 Å². The van der Waals surface area contributed by atoms with Gasteiger partial charge >= 0.3 is 5.97 Å². The second-order valence-corrected chi connectivity index (χ2v) is 7.00. The zero-order valence-electron chi connectivity index (χ0n) is 13.6. The van der Waals surface area contributed by atoms with E-state index in [-0.39, 0.29) is 17.5 Å². The molecule has 1 spiro atoms. The topological polar surface area (TPSA) is 55.8 Å². The monoisotopic (exact) mass is 365 g/mol. The number of ether oxygens (including phenoxy) is 2. The molecule has 2 saturated heterocycles. The van der Waals surface area contributed by atoms with Crippen molar-refractivity contribution in [2.45, 2.75) is 25.0 Å². The number of fused-ring (bicyclic) bond motifs is 1. The summed E-state index contributed by atoms with van der Waals surface area (Å²) in [4.78, 5) is 26.9. The number of esters is 1. The Balaban J connectivity index is 1.65. The van der Waals surface area contributed by atoms with E-state index in [1.807, 2.05) is 19.1 Å². The van der Waals surface area contributed by atoms with Gasteiger partial charge < -0.3 is 14.4 Å². The minimum absolute atomic E-state index is 0.00755. The number of benzene rings is 1. The van der Waals surface area contributed by atoms with Gasteiger partial charge in [-0.05, 0) is 24.6 Å². The van der Waals surface area contributed by atoms with Crippen molar-refractivity contribution in [2.75, 3.05) is 18.1 Å². The number of anilines is 1. The van der Waals surface area contributed by atoms with Crippen LogP contribution in [-0.4, -0.2) is 36.7 Å². The van der Waals surface area contributed by atoms with Gasteiger partial charge in [-0.15, -0.1) is 0 Å². The number of rotatable bonds is 4. The van der Waals surface area contributed by atoms with Crippen molar-refractivity contribution < 1.29 is 23.5 Å². The van der Waals surface area contributed by atoms with Crippen molar-refractivity contribution in [2.24, 2.45) is 11.8 Å². The molecular weight excluding hydrogens is 349 g/mol. The van der Waals surface area contributed by atoms with Crippen molar-refractivity contribution in [1.82, 2.24) is 0 Å². The summed E-state index contributed by atoms with van der Waals surface area (Å²) in [6.45, 7) is 2.46. The van der Waals surface area contributed by atoms with E-state index in [1.54, 1.807) is 6.07 Å². The Labute approximate surface area is 149 Å². The van der Waals surface area contributed by atoms with Gasteiger partial charge in [-0.1, -0.05) is 30.7 Å². The summed E-state index contributed by atoms with van der Waals surface area (Å²) in [7, 11) is 0. The second kappa shape index (κ2) is 5.81. The van der Waals surface area contributed by atoms with Crippen LogP contribution in [0, 0.1) is 17.7 Å². The van der Waals surface area contributed by atoms with Crippen LogP contribution in [-0.2, 0) is 19.1 Å². The summed E-state index contributed by atoms with van der Waals surface area (Å²) < 4.78 is 25.0. The summed E-state index contributed by atoms with van der Waals surface area (Å²) >= 11 is 5.72. The average molecular weight is 366 g/mol. The predicted octanol–water partition coefficient (Wildman–Crippen LogP) is 2.72. The summed E-state index contributed by atoms with van der Waals surface area (Å²) in [5.41, 5.74) is -0.454. The molecule has 3 aliphatic heterocycles. The number of hydrogen-bond donors (Lipinski definition) is 0. The largest absolute Gasteiger partial charge is 0.465 e. The number of carbonyl (C=O) groups excluding carboxylic acids is 2. The maximum absolute atomic E-state index is 13.8. The Morgan fingerprint density at radius 2 is 2.32 bits per heavy atom. The lowest BCUT2D eigenvalue weighted by molar-refractivity contribution is -0.152. The molecule has 0 aliphatic carbocycles. The Kier molecular flexibility index (Phi) is 3.85. The first kappa shape index (κ1) is 16.5. The smallest absolute Gasteiger partial charge is 0.312 e. The van der Waals surface area contributed by atoms with Crippen molar-refractivity contribution in [3.63, 3.8) is 0 Å². The molecule has 0 aromatic heterocycles. The molecule has 1 aromatic rings. The van der Waals surface area contributed by atoms with Crippen LogP contribution >= 0.6 is 11.6 Å². The molecule has 25 heavy (non-hydrogen) atoms. The van der Waals surface area contributed by atoms with E-state index in [4.69, 9.17) is 21.1 Å². The number of nitrogens with zero attached hydrogens (tertiary/aromatic N) is 1. The normalized spacial score (nSPS) is 32.4. The maximum Gasteiger partial charge on any atom is 0.312 e. The van der Waals surface area contributed by atoms with E-state index in [0.717, 1.165) is 0 Å². The van der Waals surface area contributed by atoms with Gasteiger partial charge in [0.2, 0.25) is 5.91 Å². The minimum Gasteiger partial charge on any atom is -0.465 e. The van der Waals surface area contributed by atoms with E-state index in [9.17, 15) is 14.0 Å². The van der Waals surface area contributed by atoms with Gasteiger partial charge in [-0.2, -0.15) is 0 Å². The molecule has 1 amide bonds. The van der Waals surface area contributed by atoms with Gasteiger partial charge in [0.25, 0.3) is 0 Å². The quantitative estimate of drug-likeness (QED) is 0.608. The zero-order chi connectivity index (χ0) is 17.8. The standard InChI is InChI=1S/C18H17ClFNO4/c1-2-7-24-17(23)14-13-5-6-18(25-13)9-21(16(22)15(14)18)10-3-4-11(19)12(20)8-10/h3-6,8,13-15H,2,7,9H2,1H3/t13-,14+,15+,18-/m1/s1. The van der Waals surface area contributed by atoms with E-state index in [2.05, 4.69) is 0 Å². The molecule has 2 fully saturated rings. The first-order valence-corrected chi connectivity index (χ1v) is 8.65. The lowest BCUT2D eigenvalue weighted by atomic mass is 9.77. The van der Waals surface area contributed by atoms with Crippen molar-refractivity contribution >= 4 is 29.2 Å². The van der Waals surface area contributed by atoms with Gasteiger partial charge in [-0.25, -0.2) is 4.39 Å². The fourth-order valence-electron chi connectivity index (χ4n) is 3.94. The molecule has 0 radical (unpaired) electrons. The zero-order valence-corrected chi connectivity index (χ0v) is 14.3. The fourth-order valence-corrected chi connectivity index (χ4v) is 4.06. The summed E-state index contributed by atoms with van der Waals surface area (Å²) in [5.74, 6) is -2.58. The molecule has 7 heteroatoms. The highest BCUT2D eigenvalue weighted by molar-refractivity contribution is 6.30. The summed E-state index contributed by atoms with van der Waals surface area (Å²) in [6, 6.07) is 4.21. The molecule has 0 saturated carbocycles. The molecule has 0 N–H and O–H groups in total. The number of carbonyl (C=O) groups is 2. The van der Waals surface area contributed by atoms with Gasteiger partial charge in [0.15, 0.2) is 0 Å². The summed E-state index contributed by atoms with van der Waals surface area (Å²) in [5, 5.41) is -0.00755. The van der Waals surface area contributed by atoms with Crippen molar-refractivity contribution in [3.05, 3.63) is 41.2 Å². The first-order chi connectivity index (χ1) is 12.0. The van der Waals surface area contributed by atoms with E-state index >= 15 is 0 Å². The Hall–Kier alpha value is -1.92. The third kappa shape index (κ3) is 2.39. The van der Waals surface area contributed by atoms with Crippen LogP contribution in [0.1, 0.15) is 13.3 Å². The molecule has 1 aromatic carbocycles. The Morgan fingerprint density at radius 1 is 1.52 bits per heavy atom. The first-order valence-electron chi connectivity index (χ1n) is 8.27. The SMILES string of the molecule is CCCOC(=O)[C@@H]1[C@H]2C(=O)N(c3ccc(Cl)c(F)c3)C[C@]23C=C[C@H]1O3. The third-order valence-corrected chi connectivity index (χ3v) is 5.34. The van der Waals surface area contributed by atoms with E-state index < -0.39 is 35.3 Å². The predicted molar refractivity (Wildman–Crippen MR) is 88.7 cm³/mol. The average Bonchev–Trinajstić information content (AvgIpc) is 3.23. The molecule has 4 rings (SSSR count). The fraction of sp³-hybridized carbons (Fsp3) is 0.444. The summed E-state index contributed by atoms with van der Waals surface area (Å²) in [6.07, 6.45) is 3.92. The highest BCUT2D eigenvalue weighted by atomic mass is 35.5. The van der Waals surface area contributed by atoms with Gasteiger partial charge in [-0.3, -0.25) is 9.59 Å². The Morgan fingerprint density at radius 3 is 3.04 bits per heavy atom. The highest BCUT2D eigenvalue weighted by Gasteiger charge is 2.67. The number of halogens is 2. The molecule has 4 atom stereocenters. The highest BCUT2D eigenvalue weighted by Crippen LogP contribution is 2.53. The molecule has 2 bridgehead atoms. The lowest BCUT2D eigenvalue weighted by Gasteiger charge is -2.22. The number of hydrogen-bond acceptors (Lipinski definition) is 4. The van der Waals surface area contributed by atoms with E-state index in [1.165, 1.54) is 17.0 Å². The van der Waals surface area contributed by atoms with Gasteiger partial charge in [0.1, 0.15) is 17.3 Å². The molecule has 5 nitrogen and oxygen atoms in total. The molecule has 0 unspecified atom stereocenters. The van der Waals surface area contributed by atoms with Crippen LogP contribution in [0.4, 0.5) is 10.1 Å². The Bertz CT molecular complexity index is 782. The van der Waals surface area contributed by atoms with Crippen LogP contribution in [0.5, 0.6) is 0 Å². The van der Waals surface area contributed by atoms with E-state index in [0.29, 0.717) is 18.7 Å². The lowest BCUT2D eigenvalue weighted by Crippen LogP contribution is -2.40. The molecular formula is C18H17ClFNO4. The third-order valence-electron chi connectivity index (χ3n) is 5.04. The molecule has 3 heterocycles. The number of amides is 1. The molecule has 3 aliphatic rings. The van der Waals surface area contributed by atoms with Crippen LogP contribution < -0.4 is 4.90 Å². The van der Waals surface area contributed by atoms with Crippen LogP contribution in [0.3, 0.4) is 0 Å². The maximum atomic E-state index is 13.8. The van der Waals surface area contributed by atoms with Crippen LogP contribution in [0.25, 0.3) is 0 Å². The van der Waals surface area contributed by atoms with Crippen molar-refractivity contribution in [1.29, 1.82) is 0 Å².